The average Bonchev–Trinajstić information content (AvgIpc) is 3.11. The Morgan fingerprint density at radius 3 is 1.19 bits per heavy atom. The average molecular weight is 443 g/mol. The van der Waals surface area contributed by atoms with Crippen molar-refractivity contribution in [3.63, 3.8) is 0 Å². The number of amidine groups is 2. The van der Waals surface area contributed by atoms with Gasteiger partial charge in [-0.15, -0.1) is 0 Å². The van der Waals surface area contributed by atoms with Crippen LogP contribution in [0.15, 0.2) is 70.9 Å². The maximum atomic E-state index is 7.34. The summed E-state index contributed by atoms with van der Waals surface area (Å²) in [6.07, 6.45) is 0. The fourth-order valence-electron chi connectivity index (χ4n) is 5.82. The van der Waals surface area contributed by atoms with Crippen molar-refractivity contribution >= 4 is 29.9 Å². The molecule has 1 spiro atoms. The third kappa shape index (κ3) is 1.89. The van der Waals surface area contributed by atoms with E-state index in [1.165, 1.54) is 0 Å². The van der Waals surface area contributed by atoms with Gasteiger partial charge in [-0.25, -0.2) is 0 Å². The molecule has 0 radical (unpaired) electrons. The van der Waals surface area contributed by atoms with Crippen LogP contribution in [-0.2, 0) is 8.85 Å². The zero-order chi connectivity index (χ0) is 22.8. The molecule has 31 heavy (non-hydrogen) atoms. The van der Waals surface area contributed by atoms with Gasteiger partial charge >= 0.3 is 184 Å². The van der Waals surface area contributed by atoms with Gasteiger partial charge in [0.25, 0.3) is 0 Å². The van der Waals surface area contributed by atoms with Crippen molar-refractivity contribution in [2.75, 3.05) is 56.4 Å². The topological polar surface area (TPSA) is 49.7 Å². The Morgan fingerprint density at radius 2 is 0.935 bits per heavy atom. The summed E-state index contributed by atoms with van der Waals surface area (Å²) in [5, 5.41) is 12.2. The molecule has 0 saturated carbocycles. The van der Waals surface area contributed by atoms with Gasteiger partial charge in [0.05, 0.1) is 0 Å². The third-order valence-electron chi connectivity index (χ3n) is 7.39. The molecule has 2 heterocycles. The first-order valence-corrected chi connectivity index (χ1v) is 13.2. The van der Waals surface area contributed by atoms with E-state index in [0.717, 1.165) is 10.4 Å². The molecular formula is C22H34N6O2Si. The predicted octanol–water partition coefficient (Wildman–Crippen LogP) is 1.02. The summed E-state index contributed by atoms with van der Waals surface area (Å²) >= 11 is 0. The molecular weight excluding hydrogens is 408 g/mol. The van der Waals surface area contributed by atoms with Crippen molar-refractivity contribution in [3.8, 4) is 0 Å². The molecule has 0 aromatic heterocycles. The summed E-state index contributed by atoms with van der Waals surface area (Å²) in [7, 11) is 10.7. The standard InChI is InChI=1S/C22H34N6O2Si/c1-25(2)21-23-27(5,6)31(29-21,19-15-11-9-12-16-19,20-17-13-10-14-18-20)28(7,8)24-22(30-31)26(3)4/h9-18H,1-8H3. The van der Waals surface area contributed by atoms with Crippen LogP contribution in [0.3, 0.4) is 0 Å². The summed E-state index contributed by atoms with van der Waals surface area (Å²) in [6, 6.07) is 21.6. The molecule has 2 aliphatic heterocycles. The molecule has 0 fully saturated rings. The molecule has 0 saturated heterocycles. The van der Waals surface area contributed by atoms with Gasteiger partial charge in [-0.2, -0.15) is 0 Å². The van der Waals surface area contributed by atoms with Crippen LogP contribution in [0.5, 0.6) is 0 Å². The normalized spacial score (nSPS) is 25.5. The van der Waals surface area contributed by atoms with Crippen molar-refractivity contribution in [1.29, 1.82) is 0 Å². The minimum absolute atomic E-state index is 0.116. The van der Waals surface area contributed by atoms with Gasteiger partial charge in [-0.1, -0.05) is 0 Å². The number of hydrogen-bond acceptors (Lipinski definition) is 6. The van der Waals surface area contributed by atoms with E-state index in [1.54, 1.807) is 0 Å². The second-order valence-corrected chi connectivity index (χ2v) is 16.6. The molecule has 0 N–H and O–H groups in total. The maximum absolute atomic E-state index is 7.34. The number of rotatable bonds is 2. The third-order valence-corrected chi connectivity index (χ3v) is 17.1. The molecule has 0 amide bonds. The van der Waals surface area contributed by atoms with Crippen molar-refractivity contribution in [2.24, 2.45) is 10.2 Å². The summed E-state index contributed by atoms with van der Waals surface area (Å²) in [5.74, 6) is 0. The Labute approximate surface area is 184 Å². The molecule has 2 aliphatic rings. The second kappa shape index (κ2) is 5.87. The number of quaternary nitrogens is 2. The number of benzene rings is 2. The van der Waals surface area contributed by atoms with Crippen molar-refractivity contribution in [2.45, 2.75) is 0 Å². The summed E-state index contributed by atoms with van der Waals surface area (Å²) in [5.41, 5.74) is 0. The van der Waals surface area contributed by atoms with E-state index in [-0.39, 0.29) is 8.52 Å². The summed E-state index contributed by atoms with van der Waals surface area (Å²) in [4.78, 5) is 3.80. The molecule has 8 nitrogen and oxygen atoms in total. The van der Waals surface area contributed by atoms with Gasteiger partial charge < -0.3 is 0 Å². The Balaban J connectivity index is 2.32. The molecule has 0 aliphatic carbocycles. The molecule has 4 rings (SSSR count). The Bertz CT molecular complexity index is 1000. The van der Waals surface area contributed by atoms with Crippen LogP contribution in [0.4, 0.5) is 0 Å². The van der Waals surface area contributed by atoms with Crippen LogP contribution in [0.25, 0.3) is 0 Å². The van der Waals surface area contributed by atoms with Crippen LogP contribution in [-0.4, -0.2) is 94.2 Å². The van der Waals surface area contributed by atoms with Gasteiger partial charge in [0, 0.05) is 0 Å². The molecule has 0 atom stereocenters. The van der Waals surface area contributed by atoms with Crippen LogP contribution in [0, 0.1) is 0 Å². The summed E-state index contributed by atoms with van der Waals surface area (Å²) < 4.78 is 14.9. The zero-order valence-corrected chi connectivity index (χ0v) is 20.8. The van der Waals surface area contributed by atoms with Crippen LogP contribution in [0.1, 0.15) is 0 Å². The van der Waals surface area contributed by atoms with Gasteiger partial charge in [-0.05, 0) is 0 Å². The first-order valence-electron chi connectivity index (χ1n) is 10.5. The minimum atomic E-state index is -5.32. The Morgan fingerprint density at radius 1 is 0.613 bits per heavy atom. The van der Waals surface area contributed by atoms with Gasteiger partial charge in [0.15, 0.2) is 0 Å². The van der Waals surface area contributed by atoms with E-state index in [2.05, 4.69) is 52.5 Å². The van der Waals surface area contributed by atoms with Crippen molar-refractivity contribution in [3.05, 3.63) is 60.7 Å². The first kappa shape index (κ1) is 21.4. The molecule has 2 aromatic carbocycles. The van der Waals surface area contributed by atoms with Crippen molar-refractivity contribution in [1.82, 2.24) is 9.80 Å². The van der Waals surface area contributed by atoms with Crippen LogP contribution < -0.4 is 10.4 Å². The first-order chi connectivity index (χ1) is 14.4. The Hall–Kier alpha value is -2.88. The van der Waals surface area contributed by atoms with E-state index in [9.17, 15) is 0 Å². The molecule has 168 valence electrons. The van der Waals surface area contributed by atoms with Crippen LogP contribution in [0.2, 0.25) is 0 Å². The van der Waals surface area contributed by atoms with Gasteiger partial charge in [-0.3, -0.25) is 0 Å². The second-order valence-electron chi connectivity index (χ2n) is 9.81. The van der Waals surface area contributed by atoms with Crippen molar-refractivity contribution < 1.29 is 17.4 Å². The van der Waals surface area contributed by atoms with Gasteiger partial charge in [0.1, 0.15) is 0 Å². The quantitative estimate of drug-likeness (QED) is 0.652. The van der Waals surface area contributed by atoms with E-state index in [0.29, 0.717) is 12.0 Å². The van der Waals surface area contributed by atoms with Gasteiger partial charge in [0.2, 0.25) is 0 Å². The van der Waals surface area contributed by atoms with E-state index in [4.69, 9.17) is 19.1 Å². The predicted molar refractivity (Wildman–Crippen MR) is 127 cm³/mol. The zero-order valence-electron chi connectivity index (χ0n) is 19.8. The van der Waals surface area contributed by atoms with Crippen LogP contribution >= 0.6 is 0 Å². The molecule has 2 aromatic rings. The SMILES string of the molecule is CN(C)C1=N[N+](C)(C)[Si-2]2(c3ccccc3)(c3ccccc3)(O1)OC(N(C)C)=N[N+]2(C)C. The Kier molecular flexibility index (Phi) is 4.05. The fourth-order valence-corrected chi connectivity index (χ4v) is 15.1. The number of nitrogens with zero attached hydrogens (tertiary/aromatic N) is 6. The fraction of sp³-hybridized carbons (Fsp3) is 0.364. The molecule has 9 heteroatoms. The molecule has 0 unspecified atom stereocenters. The summed E-state index contributed by atoms with van der Waals surface area (Å²) in [6.45, 7) is 0. The van der Waals surface area contributed by atoms with E-state index < -0.39 is 7.44 Å². The number of hydrogen-bond donors (Lipinski definition) is 0. The van der Waals surface area contributed by atoms with E-state index in [1.807, 2.05) is 74.4 Å². The monoisotopic (exact) mass is 442 g/mol. The molecule has 0 bridgehead atoms. The van der Waals surface area contributed by atoms with E-state index >= 15 is 0 Å².